The molecule has 0 aromatic heterocycles. The van der Waals surface area contributed by atoms with Crippen LogP contribution in [0.5, 0.6) is 0 Å². The highest BCUT2D eigenvalue weighted by Gasteiger charge is 2.41. The van der Waals surface area contributed by atoms with Gasteiger partial charge in [-0.15, -0.1) is 0 Å². The molecular weight excluding hydrogens is 212 g/mol. The number of rotatable bonds is 4. The van der Waals surface area contributed by atoms with Crippen LogP contribution in [0.2, 0.25) is 0 Å². The van der Waals surface area contributed by atoms with Crippen LogP contribution in [-0.2, 0) is 0 Å². The summed E-state index contributed by atoms with van der Waals surface area (Å²) in [5.74, 6) is 1.40. The predicted molar refractivity (Wildman–Crippen MR) is 69.0 cm³/mol. The average Bonchev–Trinajstić information content (AvgIpc) is 2.99. The van der Waals surface area contributed by atoms with Gasteiger partial charge in [-0.2, -0.15) is 0 Å². The molecule has 2 aliphatic heterocycles. The van der Waals surface area contributed by atoms with Gasteiger partial charge in [-0.05, 0) is 64.2 Å². The average molecular weight is 238 g/mol. The molecule has 0 aromatic rings. The van der Waals surface area contributed by atoms with Crippen molar-refractivity contribution >= 4 is 0 Å². The lowest BCUT2D eigenvalue weighted by Gasteiger charge is -2.20. The highest BCUT2D eigenvalue weighted by atomic mass is 16.3. The second-order valence-corrected chi connectivity index (χ2v) is 6.23. The van der Waals surface area contributed by atoms with Crippen molar-refractivity contribution in [1.29, 1.82) is 0 Å². The Morgan fingerprint density at radius 3 is 2.47 bits per heavy atom. The molecule has 0 aromatic carbocycles. The van der Waals surface area contributed by atoms with Gasteiger partial charge in [0.2, 0.25) is 0 Å². The Hall–Kier alpha value is -0.120. The summed E-state index contributed by atoms with van der Waals surface area (Å²) in [7, 11) is 0. The summed E-state index contributed by atoms with van der Waals surface area (Å²) in [5.41, 5.74) is 0. The first-order valence-corrected chi connectivity index (χ1v) is 7.46. The molecule has 3 heteroatoms. The van der Waals surface area contributed by atoms with E-state index in [2.05, 4.69) is 9.80 Å². The summed E-state index contributed by atoms with van der Waals surface area (Å²) < 4.78 is 0. The minimum atomic E-state index is 0.00332. The van der Waals surface area contributed by atoms with Crippen LogP contribution in [0.1, 0.15) is 32.1 Å². The third kappa shape index (κ3) is 2.67. The smallest absolute Gasteiger partial charge is 0.0583 e. The first kappa shape index (κ1) is 11.9. The fraction of sp³-hybridized carbons (Fsp3) is 1.00. The standard InChI is InChI=1S/C14H26N2O/c17-14-5-4-12-10-16(11-13(12)14)9-3-8-15-6-1-2-7-15/h12-14,17H,1-11H2. The summed E-state index contributed by atoms with van der Waals surface area (Å²) in [5, 5.41) is 9.88. The molecule has 0 spiro atoms. The van der Waals surface area contributed by atoms with Gasteiger partial charge in [0.05, 0.1) is 6.10 Å². The molecule has 1 aliphatic carbocycles. The monoisotopic (exact) mass is 238 g/mol. The van der Waals surface area contributed by atoms with E-state index in [1.165, 1.54) is 58.4 Å². The van der Waals surface area contributed by atoms with E-state index in [9.17, 15) is 5.11 Å². The van der Waals surface area contributed by atoms with Crippen LogP contribution in [0.15, 0.2) is 0 Å². The molecule has 3 nitrogen and oxygen atoms in total. The topological polar surface area (TPSA) is 26.7 Å². The Labute approximate surface area is 105 Å². The Bertz CT molecular complexity index is 253. The van der Waals surface area contributed by atoms with E-state index in [0.717, 1.165) is 18.9 Å². The van der Waals surface area contributed by atoms with Crippen molar-refractivity contribution in [2.45, 2.75) is 38.2 Å². The maximum atomic E-state index is 9.88. The van der Waals surface area contributed by atoms with E-state index < -0.39 is 0 Å². The lowest BCUT2D eigenvalue weighted by Crippen LogP contribution is -2.29. The van der Waals surface area contributed by atoms with E-state index in [4.69, 9.17) is 0 Å². The third-order valence-corrected chi connectivity index (χ3v) is 5.04. The molecule has 3 unspecified atom stereocenters. The second kappa shape index (κ2) is 5.25. The molecule has 17 heavy (non-hydrogen) atoms. The van der Waals surface area contributed by atoms with Crippen molar-refractivity contribution in [3.8, 4) is 0 Å². The number of likely N-dealkylation sites (tertiary alicyclic amines) is 2. The summed E-state index contributed by atoms with van der Waals surface area (Å²) in [6.07, 6.45) is 6.43. The minimum Gasteiger partial charge on any atom is -0.393 e. The zero-order chi connectivity index (χ0) is 11.7. The molecule has 3 aliphatic rings. The summed E-state index contributed by atoms with van der Waals surface area (Å²) in [6.45, 7) is 7.59. The molecule has 2 saturated heterocycles. The molecule has 2 heterocycles. The number of hydrogen-bond donors (Lipinski definition) is 1. The first-order chi connectivity index (χ1) is 8.33. The van der Waals surface area contributed by atoms with Crippen molar-refractivity contribution in [2.75, 3.05) is 39.3 Å². The molecule has 0 amide bonds. The molecule has 0 radical (unpaired) electrons. The molecular formula is C14H26N2O. The normalized spacial score (nSPS) is 39.0. The highest BCUT2D eigenvalue weighted by molar-refractivity contribution is 4.93. The quantitative estimate of drug-likeness (QED) is 0.796. The van der Waals surface area contributed by atoms with Gasteiger partial charge in [-0.25, -0.2) is 0 Å². The SMILES string of the molecule is OC1CCC2CN(CCCN3CCCC3)CC12. The van der Waals surface area contributed by atoms with E-state index in [1.807, 2.05) is 0 Å². The zero-order valence-electron chi connectivity index (χ0n) is 10.9. The van der Waals surface area contributed by atoms with Gasteiger partial charge in [-0.3, -0.25) is 0 Å². The maximum Gasteiger partial charge on any atom is 0.0583 e. The van der Waals surface area contributed by atoms with Crippen molar-refractivity contribution < 1.29 is 5.11 Å². The van der Waals surface area contributed by atoms with Crippen molar-refractivity contribution in [2.24, 2.45) is 11.8 Å². The number of hydrogen-bond acceptors (Lipinski definition) is 3. The fourth-order valence-electron chi connectivity index (χ4n) is 4.04. The van der Waals surface area contributed by atoms with Crippen molar-refractivity contribution in [3.05, 3.63) is 0 Å². The number of aliphatic hydroxyl groups is 1. The summed E-state index contributed by atoms with van der Waals surface area (Å²) >= 11 is 0. The largest absolute Gasteiger partial charge is 0.393 e. The Kier molecular flexibility index (Phi) is 3.69. The van der Waals surface area contributed by atoms with Gasteiger partial charge in [0.15, 0.2) is 0 Å². The highest BCUT2D eigenvalue weighted by Crippen LogP contribution is 2.37. The Morgan fingerprint density at radius 2 is 1.71 bits per heavy atom. The number of nitrogens with zero attached hydrogens (tertiary/aromatic N) is 2. The lowest BCUT2D eigenvalue weighted by atomic mass is 10.00. The van der Waals surface area contributed by atoms with Crippen LogP contribution < -0.4 is 0 Å². The van der Waals surface area contributed by atoms with E-state index in [-0.39, 0.29) is 6.10 Å². The number of aliphatic hydroxyl groups excluding tert-OH is 1. The van der Waals surface area contributed by atoms with E-state index >= 15 is 0 Å². The third-order valence-electron chi connectivity index (χ3n) is 5.04. The van der Waals surface area contributed by atoms with Crippen molar-refractivity contribution in [3.63, 3.8) is 0 Å². The van der Waals surface area contributed by atoms with Crippen LogP contribution in [0.3, 0.4) is 0 Å². The number of fused-ring (bicyclic) bond motifs is 1. The van der Waals surface area contributed by atoms with Gasteiger partial charge < -0.3 is 14.9 Å². The molecule has 98 valence electrons. The molecule has 3 atom stereocenters. The van der Waals surface area contributed by atoms with Crippen LogP contribution in [0, 0.1) is 11.8 Å². The zero-order valence-corrected chi connectivity index (χ0v) is 10.9. The molecule has 1 saturated carbocycles. The molecule has 3 rings (SSSR count). The van der Waals surface area contributed by atoms with E-state index in [0.29, 0.717) is 5.92 Å². The fourth-order valence-corrected chi connectivity index (χ4v) is 4.04. The lowest BCUT2D eigenvalue weighted by molar-refractivity contribution is 0.124. The van der Waals surface area contributed by atoms with Crippen LogP contribution in [0.25, 0.3) is 0 Å². The first-order valence-electron chi connectivity index (χ1n) is 7.46. The van der Waals surface area contributed by atoms with Gasteiger partial charge in [0, 0.05) is 19.0 Å². The molecule has 1 N–H and O–H groups in total. The second-order valence-electron chi connectivity index (χ2n) is 6.23. The van der Waals surface area contributed by atoms with Gasteiger partial charge in [-0.1, -0.05) is 0 Å². The molecule has 3 fully saturated rings. The van der Waals surface area contributed by atoms with Gasteiger partial charge in [0.1, 0.15) is 0 Å². The summed E-state index contributed by atoms with van der Waals surface area (Å²) in [4.78, 5) is 5.19. The van der Waals surface area contributed by atoms with Crippen molar-refractivity contribution in [1.82, 2.24) is 9.80 Å². The van der Waals surface area contributed by atoms with Crippen LogP contribution in [0.4, 0.5) is 0 Å². The predicted octanol–water partition coefficient (Wildman–Crippen LogP) is 1.17. The van der Waals surface area contributed by atoms with Gasteiger partial charge in [0.25, 0.3) is 0 Å². The Morgan fingerprint density at radius 1 is 0.941 bits per heavy atom. The summed E-state index contributed by atoms with van der Waals surface area (Å²) in [6, 6.07) is 0. The van der Waals surface area contributed by atoms with Crippen LogP contribution >= 0.6 is 0 Å². The maximum absolute atomic E-state index is 9.88. The van der Waals surface area contributed by atoms with Crippen LogP contribution in [-0.4, -0.2) is 60.3 Å². The van der Waals surface area contributed by atoms with E-state index in [1.54, 1.807) is 0 Å². The Balaban J connectivity index is 1.36. The van der Waals surface area contributed by atoms with Gasteiger partial charge >= 0.3 is 0 Å². The molecule has 0 bridgehead atoms. The minimum absolute atomic E-state index is 0.00332.